The van der Waals surface area contributed by atoms with Gasteiger partial charge in [-0.15, -0.1) is 0 Å². The number of alkyl halides is 3. The topological polar surface area (TPSA) is 26.0 Å². The Morgan fingerprint density at radius 2 is 1.40 bits per heavy atom. The van der Waals surface area contributed by atoms with E-state index in [1.165, 1.54) is 12.1 Å². The third kappa shape index (κ3) is 2.65. The van der Waals surface area contributed by atoms with Crippen molar-refractivity contribution in [3.63, 3.8) is 0 Å². The van der Waals surface area contributed by atoms with Gasteiger partial charge in [0.15, 0.2) is 0 Å². The number of hydrogen-bond acceptors (Lipinski definition) is 1. The van der Waals surface area contributed by atoms with Crippen LogP contribution in [-0.2, 0) is 6.18 Å². The van der Waals surface area contributed by atoms with Crippen molar-refractivity contribution < 1.29 is 22.0 Å². The molecule has 0 aliphatic rings. The van der Waals surface area contributed by atoms with Gasteiger partial charge >= 0.3 is 6.18 Å². The third-order valence-electron chi connectivity index (χ3n) is 2.91. The Morgan fingerprint density at radius 1 is 0.850 bits per heavy atom. The largest absolute Gasteiger partial charge is 0.416 e. The summed E-state index contributed by atoms with van der Waals surface area (Å²) in [6.07, 6.45) is -4.64. The van der Waals surface area contributed by atoms with Crippen LogP contribution in [-0.4, -0.2) is 0 Å². The molecule has 0 spiro atoms. The lowest BCUT2D eigenvalue weighted by Gasteiger charge is -2.19. The van der Waals surface area contributed by atoms with Crippen LogP contribution in [0.15, 0.2) is 42.5 Å². The zero-order valence-electron chi connectivity index (χ0n) is 10.1. The van der Waals surface area contributed by atoms with Crippen molar-refractivity contribution in [2.24, 2.45) is 5.73 Å². The summed E-state index contributed by atoms with van der Waals surface area (Å²) in [7, 11) is 0. The summed E-state index contributed by atoms with van der Waals surface area (Å²) in [5.41, 5.74) is 3.68. The molecule has 0 bridgehead atoms. The van der Waals surface area contributed by atoms with Crippen LogP contribution in [0.3, 0.4) is 0 Å². The molecule has 0 amide bonds. The maximum Gasteiger partial charge on any atom is 0.416 e. The predicted molar refractivity (Wildman–Crippen MR) is 63.8 cm³/mol. The molecule has 0 saturated heterocycles. The molecule has 1 unspecified atom stereocenters. The van der Waals surface area contributed by atoms with E-state index in [0.717, 1.165) is 30.3 Å². The highest BCUT2D eigenvalue weighted by Gasteiger charge is 2.35. The van der Waals surface area contributed by atoms with Crippen LogP contribution >= 0.6 is 0 Å². The molecule has 0 saturated carbocycles. The second kappa shape index (κ2) is 5.20. The highest BCUT2D eigenvalue weighted by molar-refractivity contribution is 5.39. The summed E-state index contributed by atoms with van der Waals surface area (Å²) in [6, 6.07) is 5.96. The first-order valence-corrected chi connectivity index (χ1v) is 5.68. The van der Waals surface area contributed by atoms with Gasteiger partial charge in [-0.2, -0.15) is 13.2 Å². The maximum atomic E-state index is 13.6. The first-order chi connectivity index (χ1) is 9.32. The van der Waals surface area contributed by atoms with E-state index in [4.69, 9.17) is 5.73 Å². The summed E-state index contributed by atoms with van der Waals surface area (Å²) in [5.74, 6) is -1.95. The fourth-order valence-corrected chi connectivity index (χ4v) is 1.99. The molecule has 0 fully saturated rings. The second-order valence-corrected chi connectivity index (χ2v) is 4.20. The molecule has 2 N–H and O–H groups in total. The fourth-order valence-electron chi connectivity index (χ4n) is 1.99. The van der Waals surface area contributed by atoms with Gasteiger partial charge in [0.05, 0.1) is 11.6 Å². The van der Waals surface area contributed by atoms with Gasteiger partial charge in [0.25, 0.3) is 0 Å². The van der Waals surface area contributed by atoms with E-state index >= 15 is 0 Å². The summed E-state index contributed by atoms with van der Waals surface area (Å²) in [4.78, 5) is 0. The summed E-state index contributed by atoms with van der Waals surface area (Å²) in [5, 5.41) is 0. The minimum Gasteiger partial charge on any atom is -0.320 e. The number of rotatable bonds is 2. The molecular weight excluding hydrogens is 277 g/mol. The summed E-state index contributed by atoms with van der Waals surface area (Å²) in [6.45, 7) is 0. The molecule has 2 rings (SSSR count). The molecule has 0 aliphatic heterocycles. The normalized spacial score (nSPS) is 13.3. The van der Waals surface area contributed by atoms with Gasteiger partial charge in [0.2, 0.25) is 0 Å². The molecule has 1 nitrogen and oxygen atoms in total. The molecular formula is C14H10F5N. The van der Waals surface area contributed by atoms with E-state index in [2.05, 4.69) is 0 Å². The molecule has 2 aromatic carbocycles. The fraction of sp³-hybridized carbons (Fsp3) is 0.143. The van der Waals surface area contributed by atoms with Crippen molar-refractivity contribution in [3.8, 4) is 0 Å². The molecule has 1 atom stereocenters. The standard InChI is InChI=1S/C14H10F5N/c15-10-6-3-7-11(16)12(10)13(20)8-4-1-2-5-9(8)14(17,18)19/h1-7,13H,20H2. The van der Waals surface area contributed by atoms with Crippen molar-refractivity contribution in [2.75, 3.05) is 0 Å². The lowest BCUT2D eigenvalue weighted by Crippen LogP contribution is -2.20. The van der Waals surface area contributed by atoms with Gasteiger partial charge in [-0.1, -0.05) is 24.3 Å². The van der Waals surface area contributed by atoms with Crippen LogP contribution in [0.5, 0.6) is 0 Å². The third-order valence-corrected chi connectivity index (χ3v) is 2.91. The molecule has 0 aromatic heterocycles. The Balaban J connectivity index is 2.58. The number of benzene rings is 2. The van der Waals surface area contributed by atoms with Crippen LogP contribution in [0, 0.1) is 11.6 Å². The van der Waals surface area contributed by atoms with E-state index in [-0.39, 0.29) is 5.56 Å². The SMILES string of the molecule is NC(c1ccccc1C(F)(F)F)c1c(F)cccc1F. The zero-order valence-corrected chi connectivity index (χ0v) is 10.1. The monoisotopic (exact) mass is 287 g/mol. The number of nitrogens with two attached hydrogens (primary N) is 1. The number of halogens is 5. The quantitative estimate of drug-likeness (QED) is 0.829. The minimum atomic E-state index is -4.64. The molecule has 0 aliphatic carbocycles. The zero-order chi connectivity index (χ0) is 14.9. The Kier molecular flexibility index (Phi) is 3.76. The van der Waals surface area contributed by atoms with Crippen LogP contribution in [0.4, 0.5) is 22.0 Å². The van der Waals surface area contributed by atoms with Crippen LogP contribution < -0.4 is 5.73 Å². The van der Waals surface area contributed by atoms with E-state index in [1.807, 2.05) is 0 Å². The first-order valence-electron chi connectivity index (χ1n) is 5.68. The van der Waals surface area contributed by atoms with Crippen molar-refractivity contribution in [1.29, 1.82) is 0 Å². The van der Waals surface area contributed by atoms with Gasteiger partial charge in [0, 0.05) is 5.56 Å². The van der Waals surface area contributed by atoms with Crippen LogP contribution in [0.1, 0.15) is 22.7 Å². The van der Waals surface area contributed by atoms with Gasteiger partial charge in [0.1, 0.15) is 11.6 Å². The lowest BCUT2D eigenvalue weighted by molar-refractivity contribution is -0.138. The molecule has 6 heteroatoms. The van der Waals surface area contributed by atoms with Gasteiger partial charge < -0.3 is 5.73 Å². The highest BCUT2D eigenvalue weighted by atomic mass is 19.4. The molecule has 0 radical (unpaired) electrons. The van der Waals surface area contributed by atoms with Gasteiger partial charge in [-0.05, 0) is 23.8 Å². The first kappa shape index (κ1) is 14.5. The average Bonchev–Trinajstić information content (AvgIpc) is 2.37. The molecule has 0 heterocycles. The Hall–Kier alpha value is -1.95. The maximum absolute atomic E-state index is 13.6. The van der Waals surface area contributed by atoms with Crippen LogP contribution in [0.25, 0.3) is 0 Å². The van der Waals surface area contributed by atoms with E-state index in [0.29, 0.717) is 0 Å². The molecule has 20 heavy (non-hydrogen) atoms. The highest BCUT2D eigenvalue weighted by Crippen LogP contribution is 2.36. The molecule has 2 aromatic rings. The Bertz CT molecular complexity index is 601. The van der Waals surface area contributed by atoms with Crippen LogP contribution in [0.2, 0.25) is 0 Å². The second-order valence-electron chi connectivity index (χ2n) is 4.20. The van der Waals surface area contributed by atoms with E-state index in [9.17, 15) is 22.0 Å². The Morgan fingerprint density at radius 3 is 1.95 bits per heavy atom. The summed E-state index contributed by atoms with van der Waals surface area (Å²) >= 11 is 0. The van der Waals surface area contributed by atoms with Crippen molar-refractivity contribution >= 4 is 0 Å². The lowest BCUT2D eigenvalue weighted by atomic mass is 9.94. The van der Waals surface area contributed by atoms with Crippen molar-refractivity contribution in [2.45, 2.75) is 12.2 Å². The average molecular weight is 287 g/mol. The molecule has 106 valence electrons. The predicted octanol–water partition coefficient (Wildman–Crippen LogP) is 4.03. The van der Waals surface area contributed by atoms with E-state index in [1.54, 1.807) is 0 Å². The number of hydrogen-bond donors (Lipinski definition) is 1. The van der Waals surface area contributed by atoms with Crippen molar-refractivity contribution in [3.05, 3.63) is 70.8 Å². The van der Waals surface area contributed by atoms with Gasteiger partial charge in [-0.3, -0.25) is 0 Å². The summed E-state index contributed by atoms with van der Waals surface area (Å²) < 4.78 is 65.9. The van der Waals surface area contributed by atoms with Gasteiger partial charge in [-0.25, -0.2) is 8.78 Å². The Labute approximate surface area is 111 Å². The minimum absolute atomic E-state index is 0.371. The van der Waals surface area contributed by atoms with E-state index < -0.39 is 35.0 Å². The van der Waals surface area contributed by atoms with Crippen molar-refractivity contribution in [1.82, 2.24) is 0 Å². The smallest absolute Gasteiger partial charge is 0.320 e.